The first-order chi connectivity index (χ1) is 12.0. The molecule has 25 heavy (non-hydrogen) atoms. The first-order valence-electron chi connectivity index (χ1n) is 9.48. The fourth-order valence-corrected chi connectivity index (χ4v) is 4.14. The standard InChI is InChI=1S/C20H31N3O2/c1-14-11-23(12-17-7-5-4-6-8-17)13-19(14)22-20(24)21-18-9-15(2)25-16(3)10-18/h4-8,14-16,18-19H,9-13H2,1-3H3,(H2,21,22,24)/t14-,15-,16-,19-/m1/s1. The zero-order chi connectivity index (χ0) is 17.8. The molecule has 3 rings (SSSR count). The highest BCUT2D eigenvalue weighted by atomic mass is 16.5. The molecule has 0 bridgehead atoms. The van der Waals surface area contributed by atoms with Gasteiger partial charge in [-0.05, 0) is 38.2 Å². The molecule has 138 valence electrons. The summed E-state index contributed by atoms with van der Waals surface area (Å²) < 4.78 is 5.74. The van der Waals surface area contributed by atoms with Crippen molar-refractivity contribution in [2.75, 3.05) is 13.1 Å². The molecule has 0 aromatic heterocycles. The first-order valence-corrected chi connectivity index (χ1v) is 9.48. The van der Waals surface area contributed by atoms with Crippen molar-refractivity contribution in [3.8, 4) is 0 Å². The second kappa shape index (κ2) is 8.19. The zero-order valence-electron chi connectivity index (χ0n) is 15.6. The number of carbonyl (C=O) groups excluding carboxylic acids is 1. The summed E-state index contributed by atoms with van der Waals surface area (Å²) in [4.78, 5) is 14.8. The first kappa shape index (κ1) is 18.2. The van der Waals surface area contributed by atoms with E-state index < -0.39 is 0 Å². The predicted octanol–water partition coefficient (Wildman–Crippen LogP) is 2.76. The van der Waals surface area contributed by atoms with Gasteiger partial charge in [-0.3, -0.25) is 4.90 Å². The van der Waals surface area contributed by atoms with Crippen molar-refractivity contribution < 1.29 is 9.53 Å². The molecule has 1 aromatic rings. The Morgan fingerprint density at radius 2 is 1.76 bits per heavy atom. The third-order valence-electron chi connectivity index (χ3n) is 5.29. The molecule has 1 aromatic carbocycles. The molecule has 0 unspecified atom stereocenters. The number of hydrogen-bond donors (Lipinski definition) is 2. The Balaban J connectivity index is 1.46. The van der Waals surface area contributed by atoms with E-state index in [1.54, 1.807) is 0 Å². The molecule has 5 nitrogen and oxygen atoms in total. The summed E-state index contributed by atoms with van der Waals surface area (Å²) in [5.41, 5.74) is 1.32. The number of urea groups is 1. The second-order valence-corrected chi connectivity index (χ2v) is 7.81. The van der Waals surface area contributed by atoms with Crippen LogP contribution in [0.3, 0.4) is 0 Å². The molecule has 2 aliphatic heterocycles. The third-order valence-corrected chi connectivity index (χ3v) is 5.29. The van der Waals surface area contributed by atoms with Crippen molar-refractivity contribution >= 4 is 6.03 Å². The van der Waals surface area contributed by atoms with E-state index in [0.717, 1.165) is 32.5 Å². The van der Waals surface area contributed by atoms with E-state index in [9.17, 15) is 4.79 Å². The molecule has 5 heteroatoms. The van der Waals surface area contributed by atoms with Crippen LogP contribution in [-0.4, -0.2) is 48.3 Å². The maximum Gasteiger partial charge on any atom is 0.315 e. The lowest BCUT2D eigenvalue weighted by atomic mass is 10.00. The average Bonchev–Trinajstić information content (AvgIpc) is 2.86. The molecule has 0 saturated carbocycles. The van der Waals surface area contributed by atoms with Crippen LogP contribution >= 0.6 is 0 Å². The van der Waals surface area contributed by atoms with Crippen molar-refractivity contribution in [3.63, 3.8) is 0 Å². The van der Waals surface area contributed by atoms with Gasteiger partial charge in [0, 0.05) is 31.7 Å². The van der Waals surface area contributed by atoms with Gasteiger partial charge in [0.1, 0.15) is 0 Å². The molecule has 2 fully saturated rings. The van der Waals surface area contributed by atoms with Crippen LogP contribution in [0.2, 0.25) is 0 Å². The fraction of sp³-hybridized carbons (Fsp3) is 0.650. The number of likely N-dealkylation sites (tertiary alicyclic amines) is 1. The highest BCUT2D eigenvalue weighted by Crippen LogP contribution is 2.20. The summed E-state index contributed by atoms with van der Waals surface area (Å²) in [5.74, 6) is 0.460. The number of amides is 2. The lowest BCUT2D eigenvalue weighted by Crippen LogP contribution is -2.51. The van der Waals surface area contributed by atoms with Crippen molar-refractivity contribution in [2.45, 2.75) is 64.4 Å². The SMILES string of the molecule is C[C@@H]1CC(NC(=O)N[C@@H]2CN(Cc3ccccc3)C[C@H]2C)C[C@@H](C)O1. The summed E-state index contributed by atoms with van der Waals surface area (Å²) in [6.45, 7) is 9.23. The van der Waals surface area contributed by atoms with E-state index in [1.165, 1.54) is 5.56 Å². The molecule has 2 saturated heterocycles. The van der Waals surface area contributed by atoms with Crippen molar-refractivity contribution in [2.24, 2.45) is 5.92 Å². The van der Waals surface area contributed by atoms with Crippen LogP contribution in [0.15, 0.2) is 30.3 Å². The summed E-state index contributed by atoms with van der Waals surface area (Å²) in [5, 5.41) is 6.33. The van der Waals surface area contributed by atoms with E-state index >= 15 is 0 Å². The topological polar surface area (TPSA) is 53.6 Å². The van der Waals surface area contributed by atoms with Crippen molar-refractivity contribution in [3.05, 3.63) is 35.9 Å². The summed E-state index contributed by atoms with van der Waals surface area (Å²) in [6, 6.07) is 10.9. The number of rotatable bonds is 4. The van der Waals surface area contributed by atoms with Gasteiger partial charge >= 0.3 is 6.03 Å². The normalized spacial score (nSPS) is 33.2. The molecule has 2 aliphatic rings. The lowest BCUT2D eigenvalue weighted by Gasteiger charge is -2.33. The Morgan fingerprint density at radius 3 is 2.44 bits per heavy atom. The minimum absolute atomic E-state index is 0.0373. The average molecular weight is 345 g/mol. The van der Waals surface area contributed by atoms with Gasteiger partial charge in [0.2, 0.25) is 0 Å². The van der Waals surface area contributed by atoms with Crippen molar-refractivity contribution in [1.29, 1.82) is 0 Å². The maximum atomic E-state index is 12.4. The van der Waals surface area contributed by atoms with E-state index in [1.807, 2.05) is 6.07 Å². The summed E-state index contributed by atoms with van der Waals surface area (Å²) in [7, 11) is 0. The number of carbonyl (C=O) groups is 1. The number of ether oxygens (including phenoxy) is 1. The van der Waals surface area contributed by atoms with Gasteiger partial charge in [0.15, 0.2) is 0 Å². The Bertz CT molecular complexity index is 555. The molecule has 2 heterocycles. The van der Waals surface area contributed by atoms with Gasteiger partial charge in [-0.2, -0.15) is 0 Å². The van der Waals surface area contributed by atoms with Crippen LogP contribution in [0.4, 0.5) is 4.79 Å². The largest absolute Gasteiger partial charge is 0.375 e. The highest BCUT2D eigenvalue weighted by Gasteiger charge is 2.32. The van der Waals surface area contributed by atoms with Gasteiger partial charge in [-0.25, -0.2) is 4.79 Å². The van der Waals surface area contributed by atoms with Gasteiger partial charge in [0.05, 0.1) is 12.2 Å². The van der Waals surface area contributed by atoms with Crippen LogP contribution in [0, 0.1) is 5.92 Å². The fourth-order valence-electron chi connectivity index (χ4n) is 4.14. The van der Waals surface area contributed by atoms with Crippen LogP contribution in [0.25, 0.3) is 0 Å². The Hall–Kier alpha value is -1.59. The number of hydrogen-bond acceptors (Lipinski definition) is 3. The molecule has 4 atom stereocenters. The monoisotopic (exact) mass is 345 g/mol. The van der Waals surface area contributed by atoms with Gasteiger partial charge in [0.25, 0.3) is 0 Å². The molecule has 0 aliphatic carbocycles. The quantitative estimate of drug-likeness (QED) is 0.882. The van der Waals surface area contributed by atoms with E-state index in [4.69, 9.17) is 4.74 Å². The minimum Gasteiger partial charge on any atom is -0.375 e. The van der Waals surface area contributed by atoms with Crippen LogP contribution in [0.5, 0.6) is 0 Å². The third kappa shape index (κ3) is 5.19. The zero-order valence-corrected chi connectivity index (χ0v) is 15.6. The van der Waals surface area contributed by atoms with Gasteiger partial charge < -0.3 is 15.4 Å². The Labute approximate surface area is 151 Å². The second-order valence-electron chi connectivity index (χ2n) is 7.81. The van der Waals surface area contributed by atoms with Gasteiger partial charge in [-0.1, -0.05) is 37.3 Å². The molecule has 2 amide bonds. The van der Waals surface area contributed by atoms with E-state index in [0.29, 0.717) is 5.92 Å². The van der Waals surface area contributed by atoms with Crippen LogP contribution < -0.4 is 10.6 Å². The van der Waals surface area contributed by atoms with Gasteiger partial charge in [-0.15, -0.1) is 0 Å². The lowest BCUT2D eigenvalue weighted by molar-refractivity contribution is -0.0402. The molecule has 0 radical (unpaired) electrons. The van der Waals surface area contributed by atoms with E-state index in [2.05, 4.69) is 60.6 Å². The van der Waals surface area contributed by atoms with Crippen LogP contribution in [0.1, 0.15) is 39.2 Å². The molecular formula is C20H31N3O2. The smallest absolute Gasteiger partial charge is 0.315 e. The summed E-state index contributed by atoms with van der Waals surface area (Å²) >= 11 is 0. The minimum atomic E-state index is -0.0373. The van der Waals surface area contributed by atoms with Crippen LogP contribution in [-0.2, 0) is 11.3 Å². The molecule has 0 spiro atoms. The molecule has 2 N–H and O–H groups in total. The number of nitrogens with zero attached hydrogens (tertiary/aromatic N) is 1. The Morgan fingerprint density at radius 1 is 1.08 bits per heavy atom. The number of nitrogens with one attached hydrogen (secondary N) is 2. The highest BCUT2D eigenvalue weighted by molar-refractivity contribution is 5.74. The number of benzene rings is 1. The molecular weight excluding hydrogens is 314 g/mol. The van der Waals surface area contributed by atoms with Crippen molar-refractivity contribution in [1.82, 2.24) is 15.5 Å². The predicted molar refractivity (Wildman–Crippen MR) is 99.4 cm³/mol. The Kier molecular flexibility index (Phi) is 5.97. The maximum absolute atomic E-state index is 12.4. The summed E-state index contributed by atoms with van der Waals surface area (Å²) in [6.07, 6.45) is 2.19. The van der Waals surface area contributed by atoms with E-state index in [-0.39, 0.29) is 30.3 Å².